The van der Waals surface area contributed by atoms with Crippen LogP contribution in [-0.4, -0.2) is 36.7 Å². The van der Waals surface area contributed by atoms with Gasteiger partial charge in [-0.05, 0) is 7.05 Å². The fourth-order valence-corrected chi connectivity index (χ4v) is 1.73. The molecule has 0 amide bonds. The van der Waals surface area contributed by atoms with E-state index >= 15 is 0 Å². The van der Waals surface area contributed by atoms with Crippen LogP contribution in [0.4, 0.5) is 0 Å². The molecule has 1 fully saturated rings. The van der Waals surface area contributed by atoms with E-state index in [-0.39, 0.29) is 11.5 Å². The lowest BCUT2D eigenvalue weighted by atomic mass is 9.93. The van der Waals surface area contributed by atoms with Gasteiger partial charge in [0.2, 0.25) is 5.89 Å². The van der Waals surface area contributed by atoms with Gasteiger partial charge >= 0.3 is 0 Å². The largest absolute Gasteiger partial charge is 0.447 e. The van der Waals surface area contributed by atoms with Crippen molar-refractivity contribution in [2.75, 3.05) is 26.8 Å². The first-order valence-corrected chi connectivity index (χ1v) is 5.72. The Hall–Kier alpha value is -0.870. The standard InChI is InChI=1S/C12H20N2O2/c1-12(2,3)10-8-16-11(13-10)9-7-15-6-5-14(9)4/h8-9H,5-7H2,1-4H3/t9-/m0/s1. The van der Waals surface area contributed by atoms with Crippen molar-refractivity contribution < 1.29 is 9.15 Å². The van der Waals surface area contributed by atoms with Gasteiger partial charge < -0.3 is 9.15 Å². The van der Waals surface area contributed by atoms with Crippen molar-refractivity contribution in [3.63, 3.8) is 0 Å². The first-order valence-electron chi connectivity index (χ1n) is 5.72. The Morgan fingerprint density at radius 3 is 2.75 bits per heavy atom. The van der Waals surface area contributed by atoms with Crippen LogP contribution in [0.15, 0.2) is 10.7 Å². The third-order valence-corrected chi connectivity index (χ3v) is 2.97. The van der Waals surface area contributed by atoms with E-state index in [1.54, 1.807) is 6.26 Å². The molecule has 1 aliphatic rings. The number of nitrogens with zero attached hydrogens (tertiary/aromatic N) is 2. The Bertz CT molecular complexity index is 354. The number of hydrogen-bond acceptors (Lipinski definition) is 4. The monoisotopic (exact) mass is 224 g/mol. The van der Waals surface area contributed by atoms with E-state index in [1.165, 1.54) is 0 Å². The Balaban J connectivity index is 2.18. The molecule has 1 aromatic rings. The Kier molecular flexibility index (Phi) is 3.04. The molecule has 4 nitrogen and oxygen atoms in total. The zero-order valence-electron chi connectivity index (χ0n) is 10.5. The summed E-state index contributed by atoms with van der Waals surface area (Å²) in [6.07, 6.45) is 1.76. The minimum absolute atomic E-state index is 0.0375. The first kappa shape index (κ1) is 11.6. The van der Waals surface area contributed by atoms with E-state index in [0.717, 1.165) is 24.7 Å². The topological polar surface area (TPSA) is 38.5 Å². The molecule has 0 spiro atoms. The van der Waals surface area contributed by atoms with Gasteiger partial charge in [-0.15, -0.1) is 0 Å². The quantitative estimate of drug-likeness (QED) is 0.731. The fourth-order valence-electron chi connectivity index (χ4n) is 1.73. The van der Waals surface area contributed by atoms with Crippen molar-refractivity contribution in [3.05, 3.63) is 17.8 Å². The summed E-state index contributed by atoms with van der Waals surface area (Å²) in [7, 11) is 2.08. The van der Waals surface area contributed by atoms with Crippen LogP contribution in [0.5, 0.6) is 0 Å². The highest BCUT2D eigenvalue weighted by molar-refractivity contribution is 5.10. The molecule has 0 bridgehead atoms. The van der Waals surface area contributed by atoms with Gasteiger partial charge in [-0.3, -0.25) is 4.90 Å². The lowest BCUT2D eigenvalue weighted by Crippen LogP contribution is -2.36. The lowest BCUT2D eigenvalue weighted by Gasteiger charge is -2.29. The predicted octanol–water partition coefficient (Wildman–Crippen LogP) is 1.98. The number of rotatable bonds is 1. The van der Waals surface area contributed by atoms with Gasteiger partial charge in [0.05, 0.1) is 18.9 Å². The molecular weight excluding hydrogens is 204 g/mol. The summed E-state index contributed by atoms with van der Waals surface area (Å²) in [4.78, 5) is 6.79. The summed E-state index contributed by atoms with van der Waals surface area (Å²) in [6, 6.07) is 0.157. The van der Waals surface area contributed by atoms with Crippen LogP contribution in [0.1, 0.15) is 38.4 Å². The molecule has 0 aromatic carbocycles. The van der Waals surface area contributed by atoms with Gasteiger partial charge in [0.25, 0.3) is 0 Å². The van der Waals surface area contributed by atoms with E-state index in [9.17, 15) is 0 Å². The van der Waals surface area contributed by atoms with Gasteiger partial charge in [-0.2, -0.15) is 0 Å². The molecule has 1 aromatic heterocycles. The highest BCUT2D eigenvalue weighted by atomic mass is 16.5. The van der Waals surface area contributed by atoms with Gasteiger partial charge in [0, 0.05) is 12.0 Å². The van der Waals surface area contributed by atoms with Crippen LogP contribution in [0, 0.1) is 0 Å². The molecule has 0 aliphatic carbocycles. The summed E-state index contributed by atoms with van der Waals surface area (Å²) in [5.41, 5.74) is 1.04. The minimum atomic E-state index is 0.0375. The van der Waals surface area contributed by atoms with Gasteiger partial charge in [-0.25, -0.2) is 4.98 Å². The van der Waals surface area contributed by atoms with Crippen molar-refractivity contribution in [2.24, 2.45) is 0 Å². The molecule has 0 radical (unpaired) electrons. The summed E-state index contributed by atoms with van der Waals surface area (Å²) < 4.78 is 11.0. The summed E-state index contributed by atoms with van der Waals surface area (Å²) in [6.45, 7) is 8.79. The third-order valence-electron chi connectivity index (χ3n) is 2.97. The number of hydrogen-bond donors (Lipinski definition) is 0. The predicted molar refractivity (Wildman–Crippen MR) is 61.4 cm³/mol. The third kappa shape index (κ3) is 2.28. The number of likely N-dealkylation sites (N-methyl/N-ethyl adjacent to an activating group) is 1. The lowest BCUT2D eigenvalue weighted by molar-refractivity contribution is -0.00474. The van der Waals surface area contributed by atoms with E-state index in [4.69, 9.17) is 9.15 Å². The van der Waals surface area contributed by atoms with Gasteiger partial charge in [-0.1, -0.05) is 20.8 Å². The Morgan fingerprint density at radius 2 is 2.19 bits per heavy atom. The molecule has 90 valence electrons. The Morgan fingerprint density at radius 1 is 1.44 bits per heavy atom. The number of morpholine rings is 1. The molecule has 2 rings (SSSR count). The van der Waals surface area contributed by atoms with Gasteiger partial charge in [0.1, 0.15) is 12.3 Å². The molecule has 1 aliphatic heterocycles. The van der Waals surface area contributed by atoms with Crippen molar-refractivity contribution in [3.8, 4) is 0 Å². The zero-order chi connectivity index (χ0) is 11.8. The van der Waals surface area contributed by atoms with Crippen LogP contribution in [0.2, 0.25) is 0 Å². The van der Waals surface area contributed by atoms with Crippen LogP contribution < -0.4 is 0 Å². The molecule has 0 saturated carbocycles. The van der Waals surface area contributed by atoms with Crippen LogP contribution in [0.25, 0.3) is 0 Å². The molecule has 1 saturated heterocycles. The van der Waals surface area contributed by atoms with Crippen molar-refractivity contribution in [2.45, 2.75) is 32.2 Å². The van der Waals surface area contributed by atoms with E-state index in [2.05, 4.69) is 37.7 Å². The van der Waals surface area contributed by atoms with Gasteiger partial charge in [0.15, 0.2) is 0 Å². The highest BCUT2D eigenvalue weighted by Crippen LogP contribution is 2.26. The maximum Gasteiger partial charge on any atom is 0.213 e. The summed E-state index contributed by atoms with van der Waals surface area (Å²) in [5, 5.41) is 0. The van der Waals surface area contributed by atoms with E-state index in [1.807, 2.05) is 0 Å². The Labute approximate surface area is 96.6 Å². The smallest absolute Gasteiger partial charge is 0.213 e. The molecule has 2 heterocycles. The normalized spacial score (nSPS) is 23.6. The number of oxazole rings is 1. The zero-order valence-corrected chi connectivity index (χ0v) is 10.5. The molecule has 16 heavy (non-hydrogen) atoms. The van der Waals surface area contributed by atoms with Crippen LogP contribution >= 0.6 is 0 Å². The second-order valence-electron chi connectivity index (χ2n) is 5.39. The second kappa shape index (κ2) is 4.18. The van der Waals surface area contributed by atoms with E-state index < -0.39 is 0 Å². The average molecular weight is 224 g/mol. The maximum atomic E-state index is 5.57. The molecule has 0 N–H and O–H groups in total. The van der Waals surface area contributed by atoms with Crippen molar-refractivity contribution in [1.82, 2.24) is 9.88 Å². The molecule has 1 atom stereocenters. The number of ether oxygens (including phenoxy) is 1. The summed E-state index contributed by atoms with van der Waals surface area (Å²) in [5.74, 6) is 0.770. The first-order chi connectivity index (χ1) is 7.48. The molecule has 4 heteroatoms. The summed E-state index contributed by atoms with van der Waals surface area (Å²) >= 11 is 0. The second-order valence-corrected chi connectivity index (χ2v) is 5.39. The SMILES string of the molecule is CN1CCOC[C@H]1c1nc(C(C)(C)C)co1. The van der Waals surface area contributed by atoms with Crippen molar-refractivity contribution in [1.29, 1.82) is 0 Å². The average Bonchev–Trinajstić information content (AvgIpc) is 2.66. The van der Waals surface area contributed by atoms with Crippen molar-refractivity contribution >= 4 is 0 Å². The molecule has 0 unspecified atom stereocenters. The maximum absolute atomic E-state index is 5.57. The minimum Gasteiger partial charge on any atom is -0.447 e. The number of aromatic nitrogens is 1. The highest BCUT2D eigenvalue weighted by Gasteiger charge is 2.27. The van der Waals surface area contributed by atoms with E-state index in [0.29, 0.717) is 6.61 Å². The van der Waals surface area contributed by atoms with Crippen LogP contribution in [0.3, 0.4) is 0 Å². The fraction of sp³-hybridized carbons (Fsp3) is 0.750. The molecular formula is C12H20N2O2. The van der Waals surface area contributed by atoms with Crippen LogP contribution in [-0.2, 0) is 10.2 Å².